The first-order chi connectivity index (χ1) is 14.0. The van der Waals surface area contributed by atoms with E-state index in [1.54, 1.807) is 6.07 Å². The minimum atomic E-state index is -1.36. The lowest BCUT2D eigenvalue weighted by molar-refractivity contribution is -0.313. The standard InChI is InChI=1S/C22H24N2O5/c25-20(16-8-4-5-9-17(16)22(28)29)24-19-12-15(21(26)27)10-11-18(19)23-13-14-6-2-1-3-7-14/h1-3,6-7,10-12,16-17,23H,4-5,8-9,13H2,(H,24,25)(H,26,27)(H,28,29)/p-2/t16-,17-/m1/s1. The maximum atomic E-state index is 12.8. The van der Waals surface area contributed by atoms with Crippen molar-refractivity contribution in [2.45, 2.75) is 32.2 Å². The van der Waals surface area contributed by atoms with Gasteiger partial charge in [-0.1, -0.05) is 49.2 Å². The Kier molecular flexibility index (Phi) is 6.49. The van der Waals surface area contributed by atoms with E-state index in [9.17, 15) is 24.6 Å². The Morgan fingerprint density at radius 3 is 2.24 bits per heavy atom. The lowest BCUT2D eigenvalue weighted by atomic mass is 9.78. The van der Waals surface area contributed by atoms with Gasteiger partial charge in [0, 0.05) is 24.3 Å². The van der Waals surface area contributed by atoms with Crippen molar-refractivity contribution in [1.29, 1.82) is 0 Å². The molecular weight excluding hydrogens is 372 g/mol. The summed E-state index contributed by atoms with van der Waals surface area (Å²) in [5.41, 5.74) is 1.74. The van der Waals surface area contributed by atoms with Crippen molar-refractivity contribution in [1.82, 2.24) is 0 Å². The first-order valence-electron chi connectivity index (χ1n) is 9.60. The number of nitrogens with one attached hydrogen (secondary N) is 2. The van der Waals surface area contributed by atoms with E-state index in [1.807, 2.05) is 30.3 Å². The van der Waals surface area contributed by atoms with E-state index >= 15 is 0 Å². The number of aliphatic carboxylic acids is 1. The van der Waals surface area contributed by atoms with Gasteiger partial charge in [-0.25, -0.2) is 0 Å². The number of carbonyl (C=O) groups is 3. The highest BCUT2D eigenvalue weighted by Crippen LogP contribution is 2.32. The number of anilines is 2. The number of benzene rings is 2. The molecule has 1 amide bonds. The topological polar surface area (TPSA) is 121 Å². The number of carbonyl (C=O) groups excluding carboxylic acids is 3. The van der Waals surface area contributed by atoms with Gasteiger partial charge in [-0.2, -0.15) is 0 Å². The maximum Gasteiger partial charge on any atom is 0.228 e. The second-order valence-electron chi connectivity index (χ2n) is 7.19. The van der Waals surface area contributed by atoms with E-state index in [2.05, 4.69) is 10.6 Å². The van der Waals surface area contributed by atoms with E-state index in [4.69, 9.17) is 0 Å². The molecule has 152 valence electrons. The van der Waals surface area contributed by atoms with Crippen molar-refractivity contribution in [3.05, 3.63) is 59.7 Å². The van der Waals surface area contributed by atoms with Crippen LogP contribution in [0, 0.1) is 11.8 Å². The molecule has 7 heteroatoms. The van der Waals surface area contributed by atoms with E-state index in [0.29, 0.717) is 25.1 Å². The van der Waals surface area contributed by atoms with Gasteiger partial charge in [-0.15, -0.1) is 0 Å². The molecule has 29 heavy (non-hydrogen) atoms. The van der Waals surface area contributed by atoms with Gasteiger partial charge in [0.2, 0.25) is 5.91 Å². The third-order valence-corrected chi connectivity index (χ3v) is 5.24. The molecule has 0 bridgehead atoms. The van der Waals surface area contributed by atoms with Crippen molar-refractivity contribution in [3.8, 4) is 0 Å². The molecule has 1 aliphatic rings. The lowest BCUT2D eigenvalue weighted by Crippen LogP contribution is -2.42. The highest BCUT2D eigenvalue weighted by Gasteiger charge is 2.32. The second-order valence-corrected chi connectivity index (χ2v) is 7.19. The zero-order chi connectivity index (χ0) is 20.8. The van der Waals surface area contributed by atoms with Crippen molar-refractivity contribution in [2.75, 3.05) is 10.6 Å². The summed E-state index contributed by atoms with van der Waals surface area (Å²) in [5, 5.41) is 28.5. The average molecular weight is 394 g/mol. The van der Waals surface area contributed by atoms with Crippen LogP contribution in [-0.2, 0) is 16.1 Å². The van der Waals surface area contributed by atoms with E-state index in [-0.39, 0.29) is 11.3 Å². The lowest BCUT2D eigenvalue weighted by Gasteiger charge is -2.31. The van der Waals surface area contributed by atoms with Crippen LogP contribution in [0.3, 0.4) is 0 Å². The van der Waals surface area contributed by atoms with Crippen LogP contribution in [0.2, 0.25) is 0 Å². The minimum absolute atomic E-state index is 0.0781. The van der Waals surface area contributed by atoms with Crippen LogP contribution in [0.4, 0.5) is 11.4 Å². The van der Waals surface area contributed by atoms with E-state index in [0.717, 1.165) is 18.4 Å². The second kappa shape index (κ2) is 9.23. The fourth-order valence-corrected chi connectivity index (χ4v) is 3.67. The van der Waals surface area contributed by atoms with Gasteiger partial charge in [-0.3, -0.25) is 4.79 Å². The summed E-state index contributed by atoms with van der Waals surface area (Å²) in [7, 11) is 0. The van der Waals surface area contributed by atoms with Gasteiger partial charge in [-0.05, 0) is 36.1 Å². The Labute approximate surface area is 168 Å². The number of rotatable bonds is 7. The van der Waals surface area contributed by atoms with Crippen molar-refractivity contribution < 1.29 is 24.6 Å². The van der Waals surface area contributed by atoms with Gasteiger partial charge in [0.1, 0.15) is 0 Å². The van der Waals surface area contributed by atoms with Gasteiger partial charge in [0.05, 0.1) is 17.3 Å². The molecule has 0 spiro atoms. The Hall–Kier alpha value is -3.35. The quantitative estimate of drug-likeness (QED) is 0.727. The first kappa shape index (κ1) is 20.4. The number of hydrogen-bond donors (Lipinski definition) is 2. The Balaban J connectivity index is 1.81. The summed E-state index contributed by atoms with van der Waals surface area (Å²) in [6, 6.07) is 13.9. The molecule has 0 heterocycles. The minimum Gasteiger partial charge on any atom is -0.550 e. The van der Waals surface area contributed by atoms with Crippen LogP contribution in [-0.4, -0.2) is 17.8 Å². The molecule has 2 atom stereocenters. The van der Waals surface area contributed by atoms with Crippen molar-refractivity contribution in [2.24, 2.45) is 11.8 Å². The van der Waals surface area contributed by atoms with Crippen molar-refractivity contribution in [3.63, 3.8) is 0 Å². The monoisotopic (exact) mass is 394 g/mol. The summed E-state index contributed by atoms with van der Waals surface area (Å²) in [6.45, 7) is 0.472. The van der Waals surface area contributed by atoms with E-state index in [1.165, 1.54) is 12.1 Å². The molecule has 2 N–H and O–H groups in total. The molecule has 7 nitrogen and oxygen atoms in total. The zero-order valence-electron chi connectivity index (χ0n) is 15.9. The predicted molar refractivity (Wildman–Crippen MR) is 104 cm³/mol. The molecule has 1 saturated carbocycles. The van der Waals surface area contributed by atoms with Crippen molar-refractivity contribution >= 4 is 29.2 Å². The molecule has 3 rings (SSSR count). The largest absolute Gasteiger partial charge is 0.550 e. The average Bonchev–Trinajstić information content (AvgIpc) is 2.73. The van der Waals surface area contributed by atoms with Crippen LogP contribution in [0.25, 0.3) is 0 Å². The zero-order valence-corrected chi connectivity index (χ0v) is 15.9. The number of amides is 1. The summed E-state index contributed by atoms with van der Waals surface area (Å²) in [6.07, 6.45) is 2.36. The molecule has 0 aliphatic heterocycles. The third-order valence-electron chi connectivity index (χ3n) is 5.24. The fraction of sp³-hybridized carbons (Fsp3) is 0.318. The third kappa shape index (κ3) is 5.13. The summed E-state index contributed by atoms with van der Waals surface area (Å²) in [5.74, 6) is -4.58. The summed E-state index contributed by atoms with van der Waals surface area (Å²) < 4.78 is 0. The number of carboxylic acid groups (broad SMARTS) is 2. The Morgan fingerprint density at radius 2 is 1.59 bits per heavy atom. The molecule has 1 aliphatic carbocycles. The first-order valence-corrected chi connectivity index (χ1v) is 9.60. The molecule has 2 aromatic carbocycles. The van der Waals surface area contributed by atoms with Crippen LogP contribution >= 0.6 is 0 Å². The molecule has 0 unspecified atom stereocenters. The molecule has 0 aromatic heterocycles. The van der Waals surface area contributed by atoms with Crippen LogP contribution < -0.4 is 20.8 Å². The molecular formula is C22H22N2O5-2. The normalized spacial score (nSPS) is 18.6. The highest BCUT2D eigenvalue weighted by molar-refractivity contribution is 5.99. The molecule has 2 aromatic rings. The SMILES string of the molecule is O=C([O-])c1ccc(NCc2ccccc2)c(NC(=O)[C@@H]2CCCC[C@H]2C(=O)[O-])c1. The molecule has 0 saturated heterocycles. The highest BCUT2D eigenvalue weighted by atomic mass is 16.4. The van der Waals surface area contributed by atoms with Gasteiger partial charge in [0.25, 0.3) is 0 Å². The number of hydrogen-bond acceptors (Lipinski definition) is 6. The van der Waals surface area contributed by atoms with Crippen LogP contribution in [0.5, 0.6) is 0 Å². The Morgan fingerprint density at radius 1 is 0.897 bits per heavy atom. The predicted octanol–water partition coefficient (Wildman–Crippen LogP) is 1.16. The number of aromatic carboxylic acids is 1. The summed E-state index contributed by atoms with van der Waals surface area (Å²) >= 11 is 0. The maximum absolute atomic E-state index is 12.8. The smallest absolute Gasteiger partial charge is 0.228 e. The van der Waals surface area contributed by atoms with Gasteiger partial charge >= 0.3 is 0 Å². The van der Waals surface area contributed by atoms with Gasteiger partial charge < -0.3 is 30.4 Å². The Bertz CT molecular complexity index is 897. The fourth-order valence-electron chi connectivity index (χ4n) is 3.67. The van der Waals surface area contributed by atoms with Gasteiger partial charge in [0.15, 0.2) is 0 Å². The molecule has 0 radical (unpaired) electrons. The van der Waals surface area contributed by atoms with Crippen LogP contribution in [0.1, 0.15) is 41.6 Å². The van der Waals surface area contributed by atoms with E-state index < -0.39 is 29.7 Å². The van der Waals surface area contributed by atoms with Crippen LogP contribution in [0.15, 0.2) is 48.5 Å². The molecule has 1 fully saturated rings. The summed E-state index contributed by atoms with van der Waals surface area (Å²) in [4.78, 5) is 35.4. The number of carboxylic acids is 2.